The first-order chi connectivity index (χ1) is 17.1. The molecule has 0 aromatic carbocycles. The number of carbonyl (C=O) groups excluding carboxylic acids is 2. The van der Waals surface area contributed by atoms with Gasteiger partial charge in [-0.05, 0) is 61.1 Å². The van der Waals surface area contributed by atoms with Crippen LogP contribution in [0.3, 0.4) is 0 Å². The van der Waals surface area contributed by atoms with Crippen LogP contribution in [0, 0.1) is 18.3 Å². The molecule has 36 heavy (non-hydrogen) atoms. The number of aliphatic hydroxyl groups is 1. The van der Waals surface area contributed by atoms with Crippen molar-refractivity contribution >= 4 is 24.2 Å². The van der Waals surface area contributed by atoms with Gasteiger partial charge in [-0.25, -0.2) is 4.98 Å². The summed E-state index contributed by atoms with van der Waals surface area (Å²) in [5, 5.41) is 11.9. The summed E-state index contributed by atoms with van der Waals surface area (Å²) >= 11 is 0. The van der Waals surface area contributed by atoms with Gasteiger partial charge in [-0.3, -0.25) is 14.8 Å². The summed E-state index contributed by atoms with van der Waals surface area (Å²) in [4.78, 5) is 33.0. The maximum atomic E-state index is 11.9. The second kappa shape index (κ2) is 12.9. The highest BCUT2D eigenvalue weighted by Crippen LogP contribution is 2.31. The third kappa shape index (κ3) is 8.21. The number of nitrogens with one attached hydrogen (secondary N) is 1. The Kier molecular flexibility index (Phi) is 10.2. The van der Waals surface area contributed by atoms with Crippen molar-refractivity contribution in [1.82, 2.24) is 15.0 Å². The summed E-state index contributed by atoms with van der Waals surface area (Å²) in [5.41, 5.74) is 16.2. The Morgan fingerprint density at radius 2 is 1.75 bits per heavy atom. The second-order valence-electron chi connectivity index (χ2n) is 9.64. The minimum Gasteiger partial charge on any atom is -0.397 e. The lowest BCUT2D eigenvalue weighted by Crippen LogP contribution is -2.33. The standard InChI is InChI=1S/C20H19N5O.C6H15NO.CH2O/c1-12-17(10-16(21)11-24-12)14-4-6-22-18(8-14)15-5-7-23-19(9-15)25-20(26)13-2-3-13;1-6(2,3)5(8)4-7;1-2/h4-11,13H,2-3,21H2,1H3,(H,23,25,26);5,8H,4,7H2,1-3H3;1H2. The van der Waals surface area contributed by atoms with Crippen molar-refractivity contribution in [2.24, 2.45) is 17.1 Å². The summed E-state index contributed by atoms with van der Waals surface area (Å²) in [5.74, 6) is 0.729. The summed E-state index contributed by atoms with van der Waals surface area (Å²) in [6.45, 7) is 10.2. The van der Waals surface area contributed by atoms with E-state index in [1.165, 1.54) is 0 Å². The zero-order valence-electron chi connectivity index (χ0n) is 21.4. The smallest absolute Gasteiger partial charge is 0.228 e. The molecule has 9 nitrogen and oxygen atoms in total. The molecular weight excluding hydrogens is 456 g/mol. The lowest BCUT2D eigenvalue weighted by Gasteiger charge is -2.23. The number of hydrogen-bond donors (Lipinski definition) is 4. The quantitative estimate of drug-likeness (QED) is 0.421. The van der Waals surface area contributed by atoms with Gasteiger partial charge in [0, 0.05) is 41.7 Å². The second-order valence-corrected chi connectivity index (χ2v) is 9.64. The van der Waals surface area contributed by atoms with Gasteiger partial charge in [0.1, 0.15) is 12.6 Å². The molecular formula is C27H36N6O3. The van der Waals surface area contributed by atoms with Crippen molar-refractivity contribution in [3.63, 3.8) is 0 Å². The van der Waals surface area contributed by atoms with Gasteiger partial charge in [-0.2, -0.15) is 0 Å². The average Bonchev–Trinajstić information content (AvgIpc) is 3.72. The number of nitrogens with zero attached hydrogens (tertiary/aromatic N) is 3. The van der Waals surface area contributed by atoms with E-state index in [2.05, 4.69) is 20.3 Å². The molecule has 9 heteroatoms. The minimum atomic E-state index is -0.373. The molecule has 1 unspecified atom stereocenters. The third-order valence-corrected chi connectivity index (χ3v) is 5.66. The van der Waals surface area contributed by atoms with E-state index in [-0.39, 0.29) is 23.3 Å². The fourth-order valence-corrected chi connectivity index (χ4v) is 3.18. The molecule has 0 bridgehead atoms. The lowest BCUT2D eigenvalue weighted by atomic mass is 9.89. The molecule has 3 aromatic rings. The Balaban J connectivity index is 0.000000392. The molecule has 1 fully saturated rings. The molecule has 0 spiro atoms. The van der Waals surface area contributed by atoms with E-state index in [0.29, 0.717) is 18.1 Å². The molecule has 0 aliphatic heterocycles. The van der Waals surface area contributed by atoms with Gasteiger partial charge >= 0.3 is 0 Å². The molecule has 0 radical (unpaired) electrons. The van der Waals surface area contributed by atoms with Crippen LogP contribution < -0.4 is 16.8 Å². The first kappa shape index (κ1) is 28.5. The maximum Gasteiger partial charge on any atom is 0.228 e. The highest BCUT2D eigenvalue weighted by atomic mass is 16.3. The van der Waals surface area contributed by atoms with Crippen LogP contribution in [0.2, 0.25) is 0 Å². The van der Waals surface area contributed by atoms with Crippen molar-refractivity contribution in [3.8, 4) is 22.4 Å². The van der Waals surface area contributed by atoms with Crippen LogP contribution in [0.15, 0.2) is 48.9 Å². The number of rotatable bonds is 5. The number of carbonyl (C=O) groups is 2. The van der Waals surface area contributed by atoms with Crippen LogP contribution in [0.1, 0.15) is 39.3 Å². The largest absolute Gasteiger partial charge is 0.397 e. The van der Waals surface area contributed by atoms with E-state index in [1.54, 1.807) is 18.6 Å². The monoisotopic (exact) mass is 492 g/mol. The summed E-state index contributed by atoms with van der Waals surface area (Å²) < 4.78 is 0. The number of hydrogen-bond acceptors (Lipinski definition) is 8. The van der Waals surface area contributed by atoms with Gasteiger partial charge in [0.2, 0.25) is 5.91 Å². The molecule has 1 saturated carbocycles. The number of aromatic nitrogens is 3. The van der Waals surface area contributed by atoms with Gasteiger partial charge < -0.3 is 26.7 Å². The topological polar surface area (TPSA) is 157 Å². The van der Waals surface area contributed by atoms with Crippen LogP contribution in [-0.4, -0.2) is 45.4 Å². The van der Waals surface area contributed by atoms with Crippen molar-refractivity contribution in [2.45, 2.75) is 46.6 Å². The van der Waals surface area contributed by atoms with Crippen LogP contribution in [0.4, 0.5) is 11.5 Å². The Labute approximate surface area is 212 Å². The van der Waals surface area contributed by atoms with Crippen LogP contribution in [0.25, 0.3) is 22.4 Å². The highest BCUT2D eigenvalue weighted by molar-refractivity contribution is 5.93. The van der Waals surface area contributed by atoms with E-state index in [0.717, 1.165) is 40.9 Å². The molecule has 6 N–H and O–H groups in total. The van der Waals surface area contributed by atoms with E-state index in [1.807, 2.05) is 64.8 Å². The van der Waals surface area contributed by atoms with E-state index < -0.39 is 0 Å². The van der Waals surface area contributed by atoms with Gasteiger partial charge in [0.15, 0.2) is 0 Å². The predicted octanol–water partition coefficient (Wildman–Crippen LogP) is 3.61. The first-order valence-corrected chi connectivity index (χ1v) is 11.7. The SMILES string of the molecule is C=O.CC(C)(C)C(O)CN.Cc1ncc(N)cc1-c1ccnc(-c2ccnc(NC(=O)C3CC3)c2)c1. The Hall–Kier alpha value is -3.69. The normalized spacial score (nSPS) is 13.4. The van der Waals surface area contributed by atoms with Crippen LogP contribution in [0.5, 0.6) is 0 Å². The zero-order chi connectivity index (χ0) is 26.9. The number of aryl methyl sites for hydroxylation is 1. The Morgan fingerprint density at radius 3 is 2.33 bits per heavy atom. The summed E-state index contributed by atoms with van der Waals surface area (Å²) in [6.07, 6.45) is 6.64. The summed E-state index contributed by atoms with van der Waals surface area (Å²) in [6, 6.07) is 9.56. The number of anilines is 2. The van der Waals surface area contributed by atoms with Crippen molar-refractivity contribution < 1.29 is 14.7 Å². The van der Waals surface area contributed by atoms with Gasteiger partial charge in [0.05, 0.1) is 23.7 Å². The molecule has 192 valence electrons. The third-order valence-electron chi connectivity index (χ3n) is 5.66. The molecule has 4 rings (SSSR count). The zero-order valence-corrected chi connectivity index (χ0v) is 21.4. The number of amides is 1. The Morgan fingerprint density at radius 1 is 1.11 bits per heavy atom. The predicted molar refractivity (Wildman–Crippen MR) is 143 cm³/mol. The first-order valence-electron chi connectivity index (χ1n) is 11.7. The minimum absolute atomic E-state index is 0.0396. The van der Waals surface area contributed by atoms with Crippen molar-refractivity contribution in [3.05, 3.63) is 54.6 Å². The molecule has 1 aliphatic carbocycles. The van der Waals surface area contributed by atoms with Crippen LogP contribution in [-0.2, 0) is 9.59 Å². The van der Waals surface area contributed by atoms with Gasteiger partial charge in [-0.1, -0.05) is 20.8 Å². The molecule has 1 amide bonds. The maximum absolute atomic E-state index is 11.9. The van der Waals surface area contributed by atoms with E-state index in [9.17, 15) is 4.79 Å². The Bertz CT molecular complexity index is 1160. The number of nitrogens with two attached hydrogens (primary N) is 2. The molecule has 1 atom stereocenters. The van der Waals surface area contributed by atoms with E-state index >= 15 is 0 Å². The summed E-state index contributed by atoms with van der Waals surface area (Å²) in [7, 11) is 0. The average molecular weight is 493 g/mol. The molecule has 1 aliphatic rings. The van der Waals surface area contributed by atoms with E-state index in [4.69, 9.17) is 21.4 Å². The van der Waals surface area contributed by atoms with Crippen molar-refractivity contribution in [1.29, 1.82) is 0 Å². The fraction of sp³-hybridized carbons (Fsp3) is 0.370. The molecule has 3 heterocycles. The van der Waals surface area contributed by atoms with Crippen LogP contribution >= 0.6 is 0 Å². The van der Waals surface area contributed by atoms with Gasteiger partial charge in [0.25, 0.3) is 0 Å². The number of pyridine rings is 3. The lowest BCUT2D eigenvalue weighted by molar-refractivity contribution is -0.117. The number of aliphatic hydroxyl groups excluding tert-OH is 1. The van der Waals surface area contributed by atoms with Crippen molar-refractivity contribution in [2.75, 3.05) is 17.6 Å². The molecule has 0 saturated heterocycles. The van der Waals surface area contributed by atoms with Gasteiger partial charge in [-0.15, -0.1) is 0 Å². The fourth-order valence-electron chi connectivity index (χ4n) is 3.18. The molecule has 3 aromatic heterocycles. The number of nitrogen functional groups attached to an aromatic ring is 1. The highest BCUT2D eigenvalue weighted by Gasteiger charge is 2.29.